The lowest BCUT2D eigenvalue weighted by Gasteiger charge is -2.10. The summed E-state index contributed by atoms with van der Waals surface area (Å²) >= 11 is 0. The van der Waals surface area contributed by atoms with Crippen LogP contribution in [-0.4, -0.2) is 19.6 Å². The van der Waals surface area contributed by atoms with Crippen molar-refractivity contribution in [3.63, 3.8) is 0 Å². The summed E-state index contributed by atoms with van der Waals surface area (Å²) in [7, 11) is 2.07. The quantitative estimate of drug-likeness (QED) is 0.694. The first-order chi connectivity index (χ1) is 10.7. The Kier molecular flexibility index (Phi) is 3.96. The fraction of sp³-hybridized carbons (Fsp3) is 0.294. The molecule has 0 saturated carbocycles. The van der Waals surface area contributed by atoms with Crippen molar-refractivity contribution in [1.29, 1.82) is 0 Å². The Morgan fingerprint density at radius 2 is 1.86 bits per heavy atom. The van der Waals surface area contributed by atoms with Gasteiger partial charge in [0, 0.05) is 17.2 Å². The minimum absolute atomic E-state index is 0.715. The van der Waals surface area contributed by atoms with Gasteiger partial charge in [0.1, 0.15) is 18.3 Å². The average molecular weight is 294 g/mol. The molecule has 2 aromatic heterocycles. The van der Waals surface area contributed by atoms with E-state index >= 15 is 0 Å². The van der Waals surface area contributed by atoms with Crippen LogP contribution >= 0.6 is 0 Å². The van der Waals surface area contributed by atoms with E-state index in [9.17, 15) is 0 Å². The van der Waals surface area contributed by atoms with Crippen LogP contribution < -0.4 is 4.68 Å². The van der Waals surface area contributed by atoms with Crippen molar-refractivity contribution in [2.75, 3.05) is 0 Å². The molecule has 5 heteroatoms. The number of aromatic nitrogens is 5. The first-order valence-corrected chi connectivity index (χ1v) is 7.55. The molecule has 3 rings (SSSR count). The van der Waals surface area contributed by atoms with E-state index in [0.29, 0.717) is 5.82 Å². The Morgan fingerprint density at radius 1 is 1.09 bits per heavy atom. The van der Waals surface area contributed by atoms with E-state index in [0.717, 1.165) is 18.5 Å². The van der Waals surface area contributed by atoms with Crippen LogP contribution in [0.3, 0.4) is 0 Å². The molecule has 0 saturated heterocycles. The predicted octanol–water partition coefficient (Wildman–Crippen LogP) is 2.41. The van der Waals surface area contributed by atoms with Crippen molar-refractivity contribution in [2.24, 2.45) is 7.05 Å². The molecule has 0 bridgehead atoms. The largest absolute Gasteiger partial charge is 0.225 e. The number of aryl methyl sites for hydroxylation is 2. The van der Waals surface area contributed by atoms with Crippen molar-refractivity contribution in [3.05, 3.63) is 48.7 Å². The molecule has 1 aromatic carbocycles. The van der Waals surface area contributed by atoms with E-state index in [2.05, 4.69) is 75.7 Å². The van der Waals surface area contributed by atoms with E-state index in [1.807, 2.05) is 0 Å². The molecular formula is C17H20N5+. The molecule has 0 amide bonds. The van der Waals surface area contributed by atoms with Crippen LogP contribution in [0.1, 0.15) is 19.4 Å². The Bertz CT molecular complexity index is 777. The number of rotatable bonds is 4. The highest BCUT2D eigenvalue weighted by molar-refractivity contribution is 5.69. The highest BCUT2D eigenvalue weighted by Crippen LogP contribution is 2.27. The molecule has 0 aliphatic heterocycles. The Balaban J connectivity index is 2.10. The Morgan fingerprint density at radius 3 is 2.55 bits per heavy atom. The lowest BCUT2D eigenvalue weighted by Crippen LogP contribution is -2.38. The summed E-state index contributed by atoms with van der Waals surface area (Å²) in [6, 6.07) is 8.59. The topological polar surface area (TPSA) is 47.5 Å². The second kappa shape index (κ2) is 6.05. The van der Waals surface area contributed by atoms with Crippen molar-refractivity contribution >= 4 is 0 Å². The van der Waals surface area contributed by atoms with Gasteiger partial charge < -0.3 is 0 Å². The number of hydrogen-bond acceptors (Lipinski definition) is 3. The second-order valence-electron chi connectivity index (χ2n) is 5.18. The molecule has 0 spiro atoms. The van der Waals surface area contributed by atoms with E-state index in [4.69, 9.17) is 0 Å². The third-order valence-electron chi connectivity index (χ3n) is 3.92. The molecule has 112 valence electrons. The summed E-state index contributed by atoms with van der Waals surface area (Å²) in [5.41, 5.74) is 4.83. The van der Waals surface area contributed by atoms with E-state index in [1.54, 1.807) is 0 Å². The lowest BCUT2D eigenvalue weighted by atomic mass is 9.99. The lowest BCUT2D eigenvalue weighted by molar-refractivity contribution is -0.752. The molecular weight excluding hydrogens is 274 g/mol. The van der Waals surface area contributed by atoms with Crippen molar-refractivity contribution in [1.82, 2.24) is 19.6 Å². The molecule has 3 aromatic rings. The summed E-state index contributed by atoms with van der Waals surface area (Å²) in [5, 5.41) is 0. The minimum atomic E-state index is 0.715. The number of nitrogens with zero attached hydrogens (tertiary/aromatic N) is 5. The number of benzene rings is 1. The molecule has 22 heavy (non-hydrogen) atoms. The molecule has 0 radical (unpaired) electrons. The van der Waals surface area contributed by atoms with Crippen LogP contribution in [0.4, 0.5) is 0 Å². The fourth-order valence-electron chi connectivity index (χ4n) is 2.80. The van der Waals surface area contributed by atoms with Crippen LogP contribution in [0.15, 0.2) is 43.1 Å². The maximum atomic E-state index is 4.23. The summed E-state index contributed by atoms with van der Waals surface area (Å²) < 4.78 is 4.38. The monoisotopic (exact) mass is 294 g/mol. The maximum Gasteiger partial charge on any atom is 0.196 e. The zero-order valence-corrected chi connectivity index (χ0v) is 13.2. The third kappa shape index (κ3) is 2.50. The highest BCUT2D eigenvalue weighted by atomic mass is 15.4. The highest BCUT2D eigenvalue weighted by Gasteiger charge is 2.15. The molecule has 0 aliphatic carbocycles. The Labute approximate surface area is 130 Å². The molecule has 0 atom stereocenters. The fourth-order valence-corrected chi connectivity index (χ4v) is 2.80. The molecule has 2 heterocycles. The van der Waals surface area contributed by atoms with Gasteiger partial charge in [-0.05, 0) is 25.0 Å². The van der Waals surface area contributed by atoms with E-state index in [1.165, 1.54) is 29.5 Å². The van der Waals surface area contributed by atoms with Crippen LogP contribution in [0, 0.1) is 0 Å². The number of hydrogen-bond donors (Lipinski definition) is 0. The van der Waals surface area contributed by atoms with Gasteiger partial charge in [-0.15, -0.1) is 4.68 Å². The summed E-state index contributed by atoms with van der Waals surface area (Å²) in [4.78, 5) is 12.3. The average Bonchev–Trinajstić information content (AvgIpc) is 2.95. The SMILES string of the molecule is CCc1cc(-c2ncncn2)ccc1-c1cc[n+](C)n1CC. The Hall–Kier alpha value is -2.56. The van der Waals surface area contributed by atoms with Crippen LogP contribution in [-0.2, 0) is 20.0 Å². The van der Waals surface area contributed by atoms with Gasteiger partial charge in [0.25, 0.3) is 0 Å². The third-order valence-corrected chi connectivity index (χ3v) is 3.92. The molecule has 0 aliphatic rings. The molecule has 0 fully saturated rings. The first-order valence-electron chi connectivity index (χ1n) is 7.55. The summed E-state index contributed by atoms with van der Waals surface area (Å²) in [5.74, 6) is 0.715. The van der Waals surface area contributed by atoms with E-state index < -0.39 is 0 Å². The van der Waals surface area contributed by atoms with Gasteiger partial charge in [0.15, 0.2) is 19.1 Å². The van der Waals surface area contributed by atoms with Crippen LogP contribution in [0.25, 0.3) is 22.6 Å². The second-order valence-corrected chi connectivity index (χ2v) is 5.18. The van der Waals surface area contributed by atoms with Crippen molar-refractivity contribution < 1.29 is 4.68 Å². The van der Waals surface area contributed by atoms with Crippen LogP contribution in [0.5, 0.6) is 0 Å². The molecule has 0 unspecified atom stereocenters. The first kappa shape index (κ1) is 14.4. The van der Waals surface area contributed by atoms with Gasteiger partial charge in [-0.3, -0.25) is 0 Å². The van der Waals surface area contributed by atoms with Crippen LogP contribution in [0.2, 0.25) is 0 Å². The zero-order chi connectivity index (χ0) is 15.5. The zero-order valence-electron chi connectivity index (χ0n) is 13.2. The van der Waals surface area contributed by atoms with Crippen molar-refractivity contribution in [3.8, 4) is 22.6 Å². The normalized spacial score (nSPS) is 10.9. The smallest absolute Gasteiger partial charge is 0.196 e. The van der Waals surface area contributed by atoms with Gasteiger partial charge in [-0.2, -0.15) is 4.68 Å². The standard InChI is InChI=1S/C17H20N5/c1-4-13-10-14(17-19-11-18-12-20-17)6-7-15(13)16-8-9-21(3)22(16)5-2/h6-12H,4-5H2,1-3H3/q+1. The van der Waals surface area contributed by atoms with Crippen molar-refractivity contribution in [2.45, 2.75) is 26.8 Å². The molecule has 0 N–H and O–H groups in total. The maximum absolute atomic E-state index is 4.23. The van der Waals surface area contributed by atoms with Gasteiger partial charge in [-0.1, -0.05) is 19.1 Å². The van der Waals surface area contributed by atoms with Gasteiger partial charge in [0.05, 0.1) is 6.54 Å². The van der Waals surface area contributed by atoms with Gasteiger partial charge >= 0.3 is 0 Å². The molecule has 5 nitrogen and oxygen atoms in total. The van der Waals surface area contributed by atoms with Gasteiger partial charge in [0.2, 0.25) is 0 Å². The van der Waals surface area contributed by atoms with Gasteiger partial charge in [-0.25, -0.2) is 15.0 Å². The predicted molar refractivity (Wildman–Crippen MR) is 84.9 cm³/mol. The minimum Gasteiger partial charge on any atom is -0.225 e. The summed E-state index contributed by atoms with van der Waals surface area (Å²) in [6.07, 6.45) is 6.12. The summed E-state index contributed by atoms with van der Waals surface area (Å²) in [6.45, 7) is 5.28. The van der Waals surface area contributed by atoms with E-state index in [-0.39, 0.29) is 0 Å².